The number of anilines is 2. The van der Waals surface area contributed by atoms with Crippen LogP contribution in [0.3, 0.4) is 0 Å². The predicted molar refractivity (Wildman–Crippen MR) is 106 cm³/mol. The van der Waals surface area contributed by atoms with E-state index in [2.05, 4.69) is 31.4 Å². The summed E-state index contributed by atoms with van der Waals surface area (Å²) in [5.74, 6) is -1.11. The van der Waals surface area contributed by atoms with Gasteiger partial charge >= 0.3 is 0 Å². The van der Waals surface area contributed by atoms with E-state index in [9.17, 15) is 14.4 Å². The summed E-state index contributed by atoms with van der Waals surface area (Å²) in [6, 6.07) is 13.8. The minimum absolute atomic E-state index is 0.0134. The Bertz CT molecular complexity index is 858. The Balaban J connectivity index is 1.60. The Morgan fingerprint density at radius 3 is 1.81 bits per heavy atom. The Labute approximate surface area is 159 Å². The van der Waals surface area contributed by atoms with Crippen molar-refractivity contribution in [3.05, 3.63) is 59.7 Å². The van der Waals surface area contributed by atoms with Gasteiger partial charge in [0, 0.05) is 22.9 Å². The highest BCUT2D eigenvalue weighted by Crippen LogP contribution is 2.30. The fourth-order valence-electron chi connectivity index (χ4n) is 2.67. The zero-order valence-electron chi connectivity index (χ0n) is 15.8. The van der Waals surface area contributed by atoms with Crippen molar-refractivity contribution in [1.82, 2.24) is 0 Å². The van der Waals surface area contributed by atoms with Crippen LogP contribution >= 0.6 is 0 Å². The molecule has 5 nitrogen and oxygen atoms in total. The Hall–Kier alpha value is -2.95. The van der Waals surface area contributed by atoms with Gasteiger partial charge in [-0.25, -0.2) is 0 Å². The lowest BCUT2D eigenvalue weighted by atomic mass is 9.86. The summed E-state index contributed by atoms with van der Waals surface area (Å²) in [6.07, 6.45) is 1.89. The highest BCUT2D eigenvalue weighted by molar-refractivity contribution is 6.46. The van der Waals surface area contributed by atoms with E-state index in [0.29, 0.717) is 16.9 Å². The molecule has 1 aliphatic rings. The molecule has 0 unspecified atom stereocenters. The molecule has 1 saturated carbocycles. The number of carbonyl (C=O) groups excluding carboxylic acids is 3. The number of Topliss-reactive ketones (excluding diaryl/α,β-unsaturated/α-hetero) is 1. The van der Waals surface area contributed by atoms with Crippen LogP contribution in [0.1, 0.15) is 49.5 Å². The third-order valence-corrected chi connectivity index (χ3v) is 4.58. The molecule has 0 bridgehead atoms. The summed E-state index contributed by atoms with van der Waals surface area (Å²) in [4.78, 5) is 36.3. The van der Waals surface area contributed by atoms with Gasteiger partial charge < -0.3 is 10.6 Å². The summed E-state index contributed by atoms with van der Waals surface area (Å²) in [5.41, 5.74) is 2.62. The van der Waals surface area contributed by atoms with Gasteiger partial charge in [-0.3, -0.25) is 14.4 Å². The van der Waals surface area contributed by atoms with Crippen molar-refractivity contribution in [3.8, 4) is 0 Å². The molecule has 2 aromatic rings. The molecule has 5 heteroatoms. The van der Waals surface area contributed by atoms with E-state index in [1.54, 1.807) is 36.4 Å². The topological polar surface area (TPSA) is 75.3 Å². The first-order valence-corrected chi connectivity index (χ1v) is 9.11. The van der Waals surface area contributed by atoms with Crippen LogP contribution in [0.25, 0.3) is 0 Å². The van der Waals surface area contributed by atoms with Crippen molar-refractivity contribution in [1.29, 1.82) is 0 Å². The van der Waals surface area contributed by atoms with Crippen molar-refractivity contribution >= 4 is 29.0 Å². The zero-order valence-corrected chi connectivity index (χ0v) is 15.8. The fraction of sp³-hybridized carbons (Fsp3) is 0.318. The third-order valence-electron chi connectivity index (χ3n) is 4.58. The number of rotatable bonds is 5. The first-order valence-electron chi connectivity index (χ1n) is 9.11. The lowest BCUT2D eigenvalue weighted by Gasteiger charge is -2.18. The average Bonchev–Trinajstić information content (AvgIpc) is 3.47. The number of hydrogen-bond acceptors (Lipinski definition) is 3. The van der Waals surface area contributed by atoms with Crippen molar-refractivity contribution in [2.24, 2.45) is 5.92 Å². The van der Waals surface area contributed by atoms with Gasteiger partial charge in [0.1, 0.15) is 0 Å². The van der Waals surface area contributed by atoms with Crippen molar-refractivity contribution < 1.29 is 14.4 Å². The van der Waals surface area contributed by atoms with E-state index in [-0.39, 0.29) is 17.2 Å². The second kappa shape index (κ2) is 7.35. The maximum absolute atomic E-state index is 12.3. The van der Waals surface area contributed by atoms with Crippen LogP contribution in [0, 0.1) is 5.92 Å². The van der Waals surface area contributed by atoms with Gasteiger partial charge in [0.2, 0.25) is 5.91 Å². The Morgan fingerprint density at radius 2 is 1.33 bits per heavy atom. The van der Waals surface area contributed by atoms with E-state index in [1.165, 1.54) is 0 Å². The summed E-state index contributed by atoms with van der Waals surface area (Å²) >= 11 is 0. The largest absolute Gasteiger partial charge is 0.326 e. The second-order valence-electron chi connectivity index (χ2n) is 7.95. The molecule has 0 aromatic heterocycles. The van der Waals surface area contributed by atoms with Gasteiger partial charge in [0.15, 0.2) is 0 Å². The first kappa shape index (κ1) is 18.8. The van der Waals surface area contributed by atoms with Crippen LogP contribution < -0.4 is 10.6 Å². The molecule has 0 heterocycles. The number of ketones is 1. The van der Waals surface area contributed by atoms with Gasteiger partial charge in [-0.15, -0.1) is 0 Å². The maximum Gasteiger partial charge on any atom is 0.296 e. The molecule has 0 saturated heterocycles. The van der Waals surface area contributed by atoms with Crippen LogP contribution in [0.2, 0.25) is 0 Å². The standard InChI is InChI=1S/C22H24N2O3/c1-22(2,3)16-8-6-14(7-9-16)19(25)21(27)24-18-12-10-17(11-13-18)23-20(26)15-4-5-15/h6-13,15H,4-5H2,1-3H3,(H,23,26)(H,24,27). The molecule has 140 valence electrons. The quantitative estimate of drug-likeness (QED) is 0.618. The van der Waals surface area contributed by atoms with Crippen LogP contribution in [-0.2, 0) is 15.0 Å². The SMILES string of the molecule is CC(C)(C)c1ccc(C(=O)C(=O)Nc2ccc(NC(=O)C3CC3)cc2)cc1. The number of amides is 2. The summed E-state index contributed by atoms with van der Waals surface area (Å²) in [6.45, 7) is 6.27. The van der Waals surface area contributed by atoms with E-state index < -0.39 is 11.7 Å². The number of carbonyl (C=O) groups is 3. The van der Waals surface area contributed by atoms with Crippen molar-refractivity contribution in [2.45, 2.75) is 39.0 Å². The van der Waals surface area contributed by atoms with Gasteiger partial charge in [-0.1, -0.05) is 45.0 Å². The number of hydrogen-bond donors (Lipinski definition) is 2. The van der Waals surface area contributed by atoms with E-state index in [4.69, 9.17) is 0 Å². The molecule has 1 aliphatic carbocycles. The molecular weight excluding hydrogens is 340 g/mol. The Morgan fingerprint density at radius 1 is 0.815 bits per heavy atom. The monoisotopic (exact) mass is 364 g/mol. The van der Waals surface area contributed by atoms with E-state index in [0.717, 1.165) is 18.4 Å². The molecule has 1 fully saturated rings. The normalized spacial score (nSPS) is 13.7. The minimum Gasteiger partial charge on any atom is -0.326 e. The average molecular weight is 364 g/mol. The van der Waals surface area contributed by atoms with Crippen LogP contribution in [0.5, 0.6) is 0 Å². The predicted octanol–water partition coefficient (Wildman–Crippen LogP) is 4.15. The molecule has 27 heavy (non-hydrogen) atoms. The molecule has 3 rings (SSSR count). The zero-order chi connectivity index (χ0) is 19.6. The summed E-state index contributed by atoms with van der Waals surface area (Å²) < 4.78 is 0. The van der Waals surface area contributed by atoms with E-state index >= 15 is 0 Å². The van der Waals surface area contributed by atoms with Crippen molar-refractivity contribution in [2.75, 3.05) is 10.6 Å². The molecule has 0 radical (unpaired) electrons. The summed E-state index contributed by atoms with van der Waals surface area (Å²) in [5, 5.41) is 5.43. The molecular formula is C22H24N2O3. The highest BCUT2D eigenvalue weighted by Gasteiger charge is 2.29. The first-order chi connectivity index (χ1) is 12.7. The molecule has 2 N–H and O–H groups in total. The van der Waals surface area contributed by atoms with Crippen LogP contribution in [0.15, 0.2) is 48.5 Å². The Kier molecular flexibility index (Phi) is 5.13. The molecule has 0 spiro atoms. The van der Waals surface area contributed by atoms with Gasteiger partial charge in [-0.2, -0.15) is 0 Å². The van der Waals surface area contributed by atoms with Gasteiger partial charge in [-0.05, 0) is 48.1 Å². The molecule has 0 aliphatic heterocycles. The fourth-order valence-corrected chi connectivity index (χ4v) is 2.67. The maximum atomic E-state index is 12.3. The van der Waals surface area contributed by atoms with Crippen LogP contribution in [-0.4, -0.2) is 17.6 Å². The third kappa shape index (κ3) is 4.82. The summed E-state index contributed by atoms with van der Waals surface area (Å²) in [7, 11) is 0. The highest BCUT2D eigenvalue weighted by atomic mass is 16.2. The van der Waals surface area contributed by atoms with Crippen molar-refractivity contribution in [3.63, 3.8) is 0 Å². The number of nitrogens with one attached hydrogen (secondary N) is 2. The van der Waals surface area contributed by atoms with E-state index in [1.807, 2.05) is 12.1 Å². The molecule has 2 amide bonds. The van der Waals surface area contributed by atoms with Crippen LogP contribution in [0.4, 0.5) is 11.4 Å². The minimum atomic E-state index is -0.687. The lowest BCUT2D eigenvalue weighted by Crippen LogP contribution is -2.23. The second-order valence-corrected chi connectivity index (χ2v) is 7.95. The van der Waals surface area contributed by atoms with Gasteiger partial charge in [0.25, 0.3) is 11.7 Å². The molecule has 2 aromatic carbocycles. The molecule has 0 atom stereocenters. The van der Waals surface area contributed by atoms with Gasteiger partial charge in [0.05, 0.1) is 0 Å². The lowest BCUT2D eigenvalue weighted by molar-refractivity contribution is -0.117. The number of benzene rings is 2. The smallest absolute Gasteiger partial charge is 0.296 e.